The highest BCUT2D eigenvalue weighted by atomic mass is 32.2. The Labute approximate surface area is 124 Å². The molecule has 0 fully saturated rings. The Morgan fingerprint density at radius 1 is 1.10 bits per heavy atom. The lowest BCUT2D eigenvalue weighted by Crippen LogP contribution is -2.45. The second kappa shape index (κ2) is 6.78. The molecule has 1 atom stereocenters. The monoisotopic (exact) mass is 297 g/mol. The highest BCUT2D eigenvalue weighted by Crippen LogP contribution is 2.24. The maximum absolute atomic E-state index is 12.5. The van der Waals surface area contributed by atoms with Crippen LogP contribution in [-0.4, -0.2) is 38.1 Å². The molecule has 1 rings (SSSR count). The molecular weight excluding hydrogens is 274 g/mol. The molecule has 0 saturated carbocycles. The summed E-state index contributed by atoms with van der Waals surface area (Å²) in [6, 6.07) is 1.79. The van der Waals surface area contributed by atoms with Gasteiger partial charge in [0.1, 0.15) is 11.6 Å². The summed E-state index contributed by atoms with van der Waals surface area (Å²) in [5, 5.41) is 0.136. The van der Waals surface area contributed by atoms with E-state index in [1.54, 1.807) is 0 Å². The van der Waals surface area contributed by atoms with Gasteiger partial charge in [-0.25, -0.2) is 9.97 Å². The van der Waals surface area contributed by atoms with Crippen molar-refractivity contribution in [1.29, 1.82) is 0 Å². The first-order valence-corrected chi connectivity index (χ1v) is 7.49. The van der Waals surface area contributed by atoms with E-state index in [9.17, 15) is 4.79 Å². The summed E-state index contributed by atoms with van der Waals surface area (Å²) >= 11 is 1.27. The zero-order valence-electron chi connectivity index (χ0n) is 12.6. The molecule has 20 heavy (non-hydrogen) atoms. The van der Waals surface area contributed by atoms with Gasteiger partial charge in [-0.2, -0.15) is 0 Å². The van der Waals surface area contributed by atoms with E-state index >= 15 is 0 Å². The van der Waals surface area contributed by atoms with Gasteiger partial charge in [-0.05, 0) is 34.6 Å². The number of anilines is 2. The first-order valence-electron chi connectivity index (χ1n) is 6.61. The van der Waals surface area contributed by atoms with Gasteiger partial charge in [0.15, 0.2) is 5.16 Å². The van der Waals surface area contributed by atoms with E-state index < -0.39 is 0 Å². The minimum absolute atomic E-state index is 0.0598. The van der Waals surface area contributed by atoms with Crippen LogP contribution in [0.3, 0.4) is 0 Å². The van der Waals surface area contributed by atoms with Gasteiger partial charge in [-0.3, -0.25) is 4.79 Å². The molecule has 1 amide bonds. The maximum atomic E-state index is 12.5. The SMILES string of the molecule is CC(Sc1nc(N)cc(N)n1)C(=O)N(C(C)C)C(C)C. The number of hydrogen-bond acceptors (Lipinski definition) is 6. The normalized spacial score (nSPS) is 12.8. The van der Waals surface area contributed by atoms with Gasteiger partial charge in [0.25, 0.3) is 0 Å². The fourth-order valence-corrected chi connectivity index (χ4v) is 2.89. The van der Waals surface area contributed by atoms with Crippen molar-refractivity contribution in [2.75, 3.05) is 11.5 Å². The van der Waals surface area contributed by atoms with Crippen molar-refractivity contribution in [3.63, 3.8) is 0 Å². The molecule has 1 aromatic heterocycles. The van der Waals surface area contributed by atoms with Crippen LogP contribution in [-0.2, 0) is 4.79 Å². The van der Waals surface area contributed by atoms with Crippen LogP contribution < -0.4 is 11.5 Å². The standard InChI is InChI=1S/C13H23N5OS/c1-7(2)18(8(3)4)12(19)9(5)20-13-16-10(14)6-11(15)17-13/h6-9H,1-5H3,(H4,14,15,16,17). The molecule has 7 heteroatoms. The van der Waals surface area contributed by atoms with Crippen molar-refractivity contribution in [3.8, 4) is 0 Å². The van der Waals surface area contributed by atoms with Gasteiger partial charge >= 0.3 is 0 Å². The largest absolute Gasteiger partial charge is 0.383 e. The fraction of sp³-hybridized carbons (Fsp3) is 0.615. The third-order valence-corrected chi connectivity index (χ3v) is 3.69. The van der Waals surface area contributed by atoms with Crippen LogP contribution in [0.5, 0.6) is 0 Å². The molecule has 0 aromatic carbocycles. The third kappa shape index (κ3) is 4.26. The number of amides is 1. The second-order valence-corrected chi connectivity index (χ2v) is 6.50. The van der Waals surface area contributed by atoms with Gasteiger partial charge in [0.05, 0.1) is 5.25 Å². The molecule has 0 radical (unpaired) electrons. The van der Waals surface area contributed by atoms with E-state index in [1.165, 1.54) is 17.8 Å². The van der Waals surface area contributed by atoms with Crippen molar-refractivity contribution in [2.45, 2.75) is 57.1 Å². The van der Waals surface area contributed by atoms with E-state index in [1.807, 2.05) is 39.5 Å². The second-order valence-electron chi connectivity index (χ2n) is 5.19. The van der Waals surface area contributed by atoms with Crippen LogP contribution in [0.4, 0.5) is 11.6 Å². The van der Waals surface area contributed by atoms with Gasteiger partial charge in [-0.1, -0.05) is 11.8 Å². The molecule has 0 aliphatic rings. The van der Waals surface area contributed by atoms with Crippen molar-refractivity contribution in [1.82, 2.24) is 14.9 Å². The van der Waals surface area contributed by atoms with Crippen molar-refractivity contribution in [3.05, 3.63) is 6.07 Å². The van der Waals surface area contributed by atoms with Crippen LogP contribution in [0.15, 0.2) is 11.2 Å². The van der Waals surface area contributed by atoms with Crippen LogP contribution in [0.25, 0.3) is 0 Å². The molecule has 1 aromatic rings. The summed E-state index contributed by atoms with van der Waals surface area (Å²) in [7, 11) is 0. The molecule has 0 bridgehead atoms. The Morgan fingerprint density at radius 3 is 1.95 bits per heavy atom. The molecule has 112 valence electrons. The summed E-state index contributed by atoms with van der Waals surface area (Å²) < 4.78 is 0. The Balaban J connectivity index is 2.84. The van der Waals surface area contributed by atoms with Crippen LogP contribution in [0, 0.1) is 0 Å². The zero-order chi connectivity index (χ0) is 15.4. The number of nitrogens with two attached hydrogens (primary N) is 2. The lowest BCUT2D eigenvalue weighted by atomic mass is 10.2. The molecule has 6 nitrogen and oxygen atoms in total. The first kappa shape index (κ1) is 16.6. The molecule has 0 aliphatic carbocycles. The fourth-order valence-electron chi connectivity index (χ4n) is 2.04. The minimum Gasteiger partial charge on any atom is -0.383 e. The summed E-state index contributed by atoms with van der Waals surface area (Å²) in [5.74, 6) is 0.679. The number of rotatable bonds is 5. The number of thioether (sulfide) groups is 1. The van der Waals surface area contributed by atoms with Gasteiger partial charge in [-0.15, -0.1) is 0 Å². The highest BCUT2D eigenvalue weighted by Gasteiger charge is 2.26. The molecule has 0 spiro atoms. The van der Waals surface area contributed by atoms with Crippen molar-refractivity contribution >= 4 is 29.3 Å². The lowest BCUT2D eigenvalue weighted by molar-refractivity contribution is -0.133. The first-order chi connectivity index (χ1) is 9.22. The Morgan fingerprint density at radius 2 is 1.55 bits per heavy atom. The van der Waals surface area contributed by atoms with Crippen molar-refractivity contribution in [2.24, 2.45) is 0 Å². The van der Waals surface area contributed by atoms with E-state index in [4.69, 9.17) is 11.5 Å². The number of hydrogen-bond donors (Lipinski definition) is 2. The predicted octanol–water partition coefficient (Wildman–Crippen LogP) is 1.77. The van der Waals surface area contributed by atoms with Gasteiger partial charge < -0.3 is 16.4 Å². The molecule has 0 saturated heterocycles. The van der Waals surface area contributed by atoms with Gasteiger partial charge in [0, 0.05) is 18.2 Å². The Bertz CT molecular complexity index is 450. The Hall–Kier alpha value is -1.50. The van der Waals surface area contributed by atoms with Crippen LogP contribution in [0.1, 0.15) is 34.6 Å². The number of aromatic nitrogens is 2. The van der Waals surface area contributed by atoms with E-state index in [-0.39, 0.29) is 23.2 Å². The highest BCUT2D eigenvalue weighted by molar-refractivity contribution is 8.00. The molecule has 0 aliphatic heterocycles. The van der Waals surface area contributed by atoms with E-state index in [0.717, 1.165) is 0 Å². The summed E-state index contributed by atoms with van der Waals surface area (Å²) in [6.45, 7) is 9.86. The smallest absolute Gasteiger partial charge is 0.236 e. The number of nitrogens with zero attached hydrogens (tertiary/aromatic N) is 3. The molecule has 4 N–H and O–H groups in total. The van der Waals surface area contributed by atoms with Crippen molar-refractivity contribution < 1.29 is 4.79 Å². The summed E-state index contributed by atoms with van der Waals surface area (Å²) in [6.07, 6.45) is 0. The van der Waals surface area contributed by atoms with E-state index in [0.29, 0.717) is 16.8 Å². The lowest BCUT2D eigenvalue weighted by Gasteiger charge is -2.32. The van der Waals surface area contributed by atoms with Crippen LogP contribution in [0.2, 0.25) is 0 Å². The minimum atomic E-state index is -0.291. The van der Waals surface area contributed by atoms with Gasteiger partial charge in [0.2, 0.25) is 5.91 Å². The molecular formula is C13H23N5OS. The predicted molar refractivity (Wildman–Crippen MR) is 83.3 cm³/mol. The quantitative estimate of drug-likeness (QED) is 0.635. The molecule has 1 unspecified atom stereocenters. The Kier molecular flexibility index (Phi) is 5.62. The average molecular weight is 297 g/mol. The number of nitrogen functional groups attached to an aromatic ring is 2. The van der Waals surface area contributed by atoms with Crippen LogP contribution >= 0.6 is 11.8 Å². The maximum Gasteiger partial charge on any atom is 0.236 e. The zero-order valence-corrected chi connectivity index (χ0v) is 13.4. The topological polar surface area (TPSA) is 98.1 Å². The third-order valence-electron chi connectivity index (χ3n) is 2.74. The van der Waals surface area contributed by atoms with E-state index in [2.05, 4.69) is 9.97 Å². The summed E-state index contributed by atoms with van der Waals surface area (Å²) in [4.78, 5) is 22.5. The summed E-state index contributed by atoms with van der Waals surface area (Å²) in [5.41, 5.74) is 11.3. The number of carbonyl (C=O) groups is 1. The average Bonchev–Trinajstić information content (AvgIpc) is 2.25. The molecule has 1 heterocycles. The number of carbonyl (C=O) groups excluding carboxylic acids is 1.